The molecule has 5 heteroatoms. The van der Waals surface area contributed by atoms with Crippen LogP contribution in [0, 0.1) is 0 Å². The first kappa shape index (κ1) is 22.3. The van der Waals surface area contributed by atoms with Crippen LogP contribution in [-0.4, -0.2) is 68.6 Å². The van der Waals surface area contributed by atoms with Crippen LogP contribution < -0.4 is 9.47 Å². The number of carbonyl (C=O) groups is 1. The minimum absolute atomic E-state index is 0.0159. The van der Waals surface area contributed by atoms with Crippen LogP contribution in [0.25, 0.3) is 10.8 Å². The highest BCUT2D eigenvalue weighted by Crippen LogP contribution is 2.31. The molecule has 0 saturated carbocycles. The lowest BCUT2D eigenvalue weighted by atomic mass is 9.97. The van der Waals surface area contributed by atoms with Gasteiger partial charge in [0, 0.05) is 44.7 Å². The molecule has 3 aromatic rings. The standard InChI is InChI=1S/C27H32N2O3/c1-21(30)20-32-27-12-9-23-5-3-4-6-25(23)26(27)19-22-7-10-24(11-8-22)31-18-17-29-15-13-28(2)14-16-29/h3-12H,13-20H2,1-2H3. The topological polar surface area (TPSA) is 42.0 Å². The van der Waals surface area contributed by atoms with Crippen molar-refractivity contribution >= 4 is 16.6 Å². The van der Waals surface area contributed by atoms with Crippen molar-refractivity contribution < 1.29 is 14.3 Å². The largest absolute Gasteiger partial charge is 0.492 e. The molecule has 3 aromatic carbocycles. The number of likely N-dealkylation sites (N-methyl/N-ethyl adjacent to an activating group) is 1. The van der Waals surface area contributed by atoms with Gasteiger partial charge in [-0.3, -0.25) is 9.69 Å². The van der Waals surface area contributed by atoms with E-state index in [4.69, 9.17) is 9.47 Å². The van der Waals surface area contributed by atoms with Crippen LogP contribution in [0.4, 0.5) is 0 Å². The molecule has 0 aliphatic carbocycles. The van der Waals surface area contributed by atoms with E-state index >= 15 is 0 Å². The number of piperazine rings is 1. The number of Topliss-reactive ketones (excluding diaryl/α,β-unsaturated/α-hetero) is 1. The van der Waals surface area contributed by atoms with Crippen LogP contribution in [0.15, 0.2) is 60.7 Å². The number of hydrogen-bond donors (Lipinski definition) is 0. The molecule has 5 nitrogen and oxygen atoms in total. The fraction of sp³-hybridized carbons (Fsp3) is 0.370. The van der Waals surface area contributed by atoms with Gasteiger partial charge in [0.15, 0.2) is 5.78 Å². The summed E-state index contributed by atoms with van der Waals surface area (Å²) in [4.78, 5) is 16.3. The molecule has 1 saturated heterocycles. The highest BCUT2D eigenvalue weighted by molar-refractivity contribution is 5.88. The quantitative estimate of drug-likeness (QED) is 0.511. The predicted molar refractivity (Wildman–Crippen MR) is 129 cm³/mol. The molecule has 168 valence electrons. The van der Waals surface area contributed by atoms with Gasteiger partial charge in [-0.25, -0.2) is 0 Å². The molecule has 32 heavy (non-hydrogen) atoms. The third-order valence-electron chi connectivity index (χ3n) is 6.00. The second-order valence-corrected chi connectivity index (χ2v) is 8.57. The number of ketones is 1. The Kier molecular flexibility index (Phi) is 7.40. The maximum Gasteiger partial charge on any atom is 0.167 e. The molecule has 0 atom stereocenters. The number of rotatable bonds is 9. The first-order valence-electron chi connectivity index (χ1n) is 11.3. The molecule has 0 N–H and O–H groups in total. The number of fused-ring (bicyclic) bond motifs is 1. The summed E-state index contributed by atoms with van der Waals surface area (Å²) in [6.07, 6.45) is 0.732. The minimum atomic E-state index is 0.0159. The van der Waals surface area contributed by atoms with Crippen LogP contribution in [0.2, 0.25) is 0 Å². The second kappa shape index (κ2) is 10.6. The molecule has 0 unspecified atom stereocenters. The van der Waals surface area contributed by atoms with Crippen molar-refractivity contribution in [3.8, 4) is 11.5 Å². The van der Waals surface area contributed by atoms with E-state index in [2.05, 4.69) is 41.1 Å². The van der Waals surface area contributed by atoms with E-state index in [0.29, 0.717) is 6.61 Å². The maximum absolute atomic E-state index is 11.4. The monoisotopic (exact) mass is 432 g/mol. The summed E-state index contributed by atoms with van der Waals surface area (Å²) in [6.45, 7) is 7.77. The Labute approximate surface area is 190 Å². The van der Waals surface area contributed by atoms with E-state index in [1.165, 1.54) is 10.9 Å². The summed E-state index contributed by atoms with van der Waals surface area (Å²) in [7, 11) is 2.17. The lowest BCUT2D eigenvalue weighted by Gasteiger charge is -2.32. The number of hydrogen-bond acceptors (Lipinski definition) is 5. The van der Waals surface area contributed by atoms with Crippen molar-refractivity contribution in [3.05, 3.63) is 71.8 Å². The number of benzene rings is 3. The van der Waals surface area contributed by atoms with E-state index in [-0.39, 0.29) is 12.4 Å². The van der Waals surface area contributed by atoms with Gasteiger partial charge in [0.2, 0.25) is 0 Å². The smallest absolute Gasteiger partial charge is 0.167 e. The zero-order chi connectivity index (χ0) is 22.3. The van der Waals surface area contributed by atoms with Crippen LogP contribution in [0.3, 0.4) is 0 Å². The van der Waals surface area contributed by atoms with Gasteiger partial charge >= 0.3 is 0 Å². The lowest BCUT2D eigenvalue weighted by Crippen LogP contribution is -2.45. The van der Waals surface area contributed by atoms with E-state index in [1.54, 1.807) is 6.92 Å². The van der Waals surface area contributed by atoms with E-state index in [0.717, 1.165) is 61.6 Å². The Bertz CT molecular complexity index is 1040. The number of ether oxygens (including phenoxy) is 2. The summed E-state index contributed by atoms with van der Waals surface area (Å²) in [5.74, 6) is 1.68. The molecular weight excluding hydrogens is 400 g/mol. The SMILES string of the molecule is CC(=O)COc1ccc2ccccc2c1Cc1ccc(OCCN2CCN(C)CC2)cc1. The molecule has 1 heterocycles. The number of carbonyl (C=O) groups excluding carboxylic acids is 1. The molecule has 0 amide bonds. The Morgan fingerprint density at radius 2 is 1.66 bits per heavy atom. The minimum Gasteiger partial charge on any atom is -0.492 e. The first-order chi connectivity index (χ1) is 15.6. The van der Waals surface area contributed by atoms with Gasteiger partial charge in [-0.05, 0) is 48.5 Å². The van der Waals surface area contributed by atoms with Crippen LogP contribution >= 0.6 is 0 Å². The Hall–Kier alpha value is -2.89. The van der Waals surface area contributed by atoms with Gasteiger partial charge in [-0.15, -0.1) is 0 Å². The van der Waals surface area contributed by atoms with Gasteiger partial charge in [0.1, 0.15) is 24.7 Å². The van der Waals surface area contributed by atoms with E-state index in [1.807, 2.05) is 36.4 Å². The van der Waals surface area contributed by atoms with Crippen LogP contribution in [-0.2, 0) is 11.2 Å². The Morgan fingerprint density at radius 1 is 0.906 bits per heavy atom. The highest BCUT2D eigenvalue weighted by atomic mass is 16.5. The zero-order valence-electron chi connectivity index (χ0n) is 19.0. The molecule has 0 bridgehead atoms. The summed E-state index contributed by atoms with van der Waals surface area (Å²) < 4.78 is 11.8. The first-order valence-corrected chi connectivity index (χ1v) is 11.3. The average molecular weight is 433 g/mol. The number of nitrogens with zero attached hydrogens (tertiary/aromatic N) is 2. The molecular formula is C27H32N2O3. The van der Waals surface area contributed by atoms with Crippen molar-refractivity contribution in [1.82, 2.24) is 9.80 Å². The molecule has 4 rings (SSSR count). The summed E-state index contributed by atoms with van der Waals surface area (Å²) in [5, 5.41) is 2.32. The van der Waals surface area contributed by atoms with Crippen molar-refractivity contribution in [2.24, 2.45) is 0 Å². The van der Waals surface area contributed by atoms with E-state index in [9.17, 15) is 4.79 Å². The fourth-order valence-electron chi connectivity index (χ4n) is 4.08. The molecule has 1 aliphatic heterocycles. The van der Waals surface area contributed by atoms with Crippen molar-refractivity contribution in [3.63, 3.8) is 0 Å². The van der Waals surface area contributed by atoms with Gasteiger partial charge < -0.3 is 14.4 Å². The summed E-state index contributed by atoms with van der Waals surface area (Å²) in [6, 6.07) is 20.6. The lowest BCUT2D eigenvalue weighted by molar-refractivity contribution is -0.118. The Morgan fingerprint density at radius 3 is 2.41 bits per heavy atom. The summed E-state index contributed by atoms with van der Waals surface area (Å²) >= 11 is 0. The predicted octanol–water partition coefficient (Wildman–Crippen LogP) is 4.02. The zero-order valence-corrected chi connectivity index (χ0v) is 19.0. The summed E-state index contributed by atoms with van der Waals surface area (Å²) in [5.41, 5.74) is 2.29. The van der Waals surface area contributed by atoms with Gasteiger partial charge in [-0.1, -0.05) is 42.5 Å². The third kappa shape index (κ3) is 5.87. The van der Waals surface area contributed by atoms with Gasteiger partial charge in [-0.2, -0.15) is 0 Å². The van der Waals surface area contributed by atoms with E-state index < -0.39 is 0 Å². The normalized spacial score (nSPS) is 15.1. The molecule has 0 spiro atoms. The van der Waals surface area contributed by atoms with Crippen LogP contribution in [0.5, 0.6) is 11.5 Å². The van der Waals surface area contributed by atoms with Gasteiger partial charge in [0.05, 0.1) is 0 Å². The maximum atomic E-state index is 11.4. The molecule has 0 aromatic heterocycles. The molecule has 1 aliphatic rings. The van der Waals surface area contributed by atoms with Crippen molar-refractivity contribution in [2.45, 2.75) is 13.3 Å². The van der Waals surface area contributed by atoms with Gasteiger partial charge in [0.25, 0.3) is 0 Å². The molecule has 1 fully saturated rings. The highest BCUT2D eigenvalue weighted by Gasteiger charge is 2.14. The van der Waals surface area contributed by atoms with Crippen molar-refractivity contribution in [2.75, 3.05) is 53.0 Å². The molecule has 0 radical (unpaired) electrons. The fourth-order valence-corrected chi connectivity index (χ4v) is 4.08. The van der Waals surface area contributed by atoms with Crippen molar-refractivity contribution in [1.29, 1.82) is 0 Å². The second-order valence-electron chi connectivity index (χ2n) is 8.57. The third-order valence-corrected chi connectivity index (χ3v) is 6.00. The average Bonchev–Trinajstić information content (AvgIpc) is 2.81. The Balaban J connectivity index is 1.41. The van der Waals surface area contributed by atoms with Crippen LogP contribution in [0.1, 0.15) is 18.1 Å².